The van der Waals surface area contributed by atoms with E-state index in [1.54, 1.807) is 118 Å². The second-order valence-corrected chi connectivity index (χ2v) is 40.8. The van der Waals surface area contributed by atoms with E-state index in [0.29, 0.717) is 184 Å². The van der Waals surface area contributed by atoms with Crippen LogP contribution in [-0.4, -0.2) is 173 Å². The van der Waals surface area contributed by atoms with Crippen molar-refractivity contribution in [1.29, 1.82) is 0 Å². The Morgan fingerprint density at radius 2 is 0.804 bits per heavy atom. The number of hydrogen-bond donors (Lipinski definition) is 17. The third-order valence-corrected chi connectivity index (χ3v) is 27.1. The Morgan fingerprint density at radius 1 is 0.426 bits per heavy atom. The number of hydrogen-bond acceptors (Lipinski definition) is 43. The number of sulfone groups is 1. The number of halogens is 2. The number of carboxylic acid groups (broad SMARTS) is 1. The van der Waals surface area contributed by atoms with E-state index in [4.69, 9.17) is 87.0 Å². The first-order valence-corrected chi connectivity index (χ1v) is 51.3. The normalized spacial score (nSPS) is 12.2. The van der Waals surface area contributed by atoms with E-state index in [2.05, 4.69) is 126 Å². The number of benzene rings is 7. The quantitative estimate of drug-likeness (QED) is 0.0118. The molecule has 47 nitrogen and oxygen atoms in total. The van der Waals surface area contributed by atoms with Crippen molar-refractivity contribution in [2.24, 2.45) is 0 Å². The van der Waals surface area contributed by atoms with Gasteiger partial charge >= 0.3 is 26.4 Å². The van der Waals surface area contributed by atoms with Crippen LogP contribution >= 0.6 is 15.2 Å². The SMILES string of the molecule is C=S(=O)(O)c1ccc(CCc2cnc3nc(N)nc(N)c3n2)cc1.CC(F)(F)S(=O)(=O)c1ccc(CCc2cnc3nc(N)nc(N)c3n2)cc1.CCOP(=O)(OC)c1ccc(NCc2cnc3nc(C)nc(N)c3n2)cc1.Cc1cc(N)c2nc(CNc3cccc(N)c3)cnc2c1.Nc1nc(N)c2nc(CCc3cccc(CC(=O)O)c3)cnc2n1.Nc1nc(N)c2nc(CCc3cccc(CP(=O)(O)O)c3)cnc2n1. The van der Waals surface area contributed by atoms with Crippen LogP contribution in [0.1, 0.15) is 92.8 Å². The number of carbonyl (C=O) groups is 1. The molecule has 0 spiro atoms. The maximum atomic E-state index is 13.2. The zero-order chi connectivity index (χ0) is 107. The van der Waals surface area contributed by atoms with E-state index >= 15 is 0 Å². The highest BCUT2D eigenvalue weighted by atomic mass is 32.2. The summed E-state index contributed by atoms with van der Waals surface area (Å²) in [4.78, 5) is 121. The van der Waals surface area contributed by atoms with Crippen molar-refractivity contribution >= 4 is 194 Å². The number of anilines is 13. The van der Waals surface area contributed by atoms with Crippen molar-refractivity contribution in [2.45, 2.75) is 120 Å². The highest BCUT2D eigenvalue weighted by Crippen LogP contribution is 2.46. The molecule has 0 aliphatic carbocycles. The highest BCUT2D eigenvalue weighted by Gasteiger charge is 2.41. The van der Waals surface area contributed by atoms with Crippen molar-refractivity contribution in [3.63, 3.8) is 0 Å². The fraction of sp³-hybridized carbons (Fsp3) is 0.200. The van der Waals surface area contributed by atoms with Crippen LogP contribution in [0.15, 0.2) is 205 Å². The number of nitrogens with zero attached hydrogens (tertiary/aromatic N) is 22. The number of nitrogens with one attached hydrogen (secondary N) is 2. The van der Waals surface area contributed by atoms with E-state index in [1.165, 1.54) is 37.6 Å². The number of alkyl halides is 2. The van der Waals surface area contributed by atoms with Gasteiger partial charge in [0.1, 0.15) is 21.1 Å². The van der Waals surface area contributed by atoms with Gasteiger partial charge in [0.05, 0.1) is 130 Å². The standard InChI is InChI=1S/C17H21N6O3P.C16H16F2N6O2S.C16H16N6O2.C16H17N5.C15H17N6O3P.C15H16N6O2S/c1-4-26-27(24,25-3)14-7-5-12(6-8-14)19-9-13-10-20-17-15(23-13)16(18)21-11(2)22-17;1-16(17,18)27(25,26)11-6-3-9(4-7-11)2-5-10-8-21-14-12(22-10)13(19)23-15(20)24-14;17-14-13-15(22-16(18)21-14)19-8-11(20-13)5-4-9-2-1-3-10(6-9)7-12(23)24;1-10-5-14(18)16-15(6-10)20-9-13(21-16)8-19-12-4-2-3-11(17)7-12;16-13-12-14(21-15(17)20-13)18-7-11(19-12)5-4-9-2-1-3-10(6-9)8-25(22,23)24;1-24(22,23)11-6-3-9(4-7-11)2-5-10-8-18-14-12(19-10)13(16)20-15(17)21-14/h5-8,10,19H,4,9H2,1-3H3,(H2,18,20,21,22);3-4,6-8H,2,5H2,1H3,(H4,19,20,21,23,24);1-3,6,8H,4-5,7H2,(H,23,24)(H4,17,18,19,21,22);2-7,9,19H,8,17-18H2,1H3;1-3,6-7H,4-5,8H2,(H2,22,23,24)(H4,16,17,18,20,21);3-4,6-8H,1-2,5H2,(H,22,23)(H4,16,17,18,20,21). The summed E-state index contributed by atoms with van der Waals surface area (Å²) in [5.41, 5.74) is 82.2. The van der Waals surface area contributed by atoms with E-state index in [-0.39, 0.29) is 59.6 Å². The van der Waals surface area contributed by atoms with E-state index < -0.39 is 51.0 Å². The molecule has 766 valence electrons. The molecular formula is C95H103F2N35O12P2S2. The van der Waals surface area contributed by atoms with Gasteiger partial charge in [-0.05, 0) is 196 Å². The molecule has 0 fully saturated rings. The van der Waals surface area contributed by atoms with Crippen molar-refractivity contribution in [3.05, 3.63) is 274 Å². The fourth-order valence-electron chi connectivity index (χ4n) is 14.4. The van der Waals surface area contributed by atoms with Gasteiger partial charge in [0.15, 0.2) is 84.9 Å². The number of aliphatic carboxylic acids is 1. The molecule has 18 rings (SSSR count). The number of aryl methyl sites for hydroxylation is 10. The average Bonchev–Trinajstić information content (AvgIpc) is 0.774. The Bertz CT molecular complexity index is 8260. The van der Waals surface area contributed by atoms with Gasteiger partial charge in [0.25, 0.3) is 0 Å². The number of fused-ring (bicyclic) bond motifs is 6. The summed E-state index contributed by atoms with van der Waals surface area (Å²) in [5, 5.41) is 12.0. The molecule has 2 unspecified atom stereocenters. The van der Waals surface area contributed by atoms with Gasteiger partial charge in [-0.2, -0.15) is 48.7 Å². The van der Waals surface area contributed by atoms with Gasteiger partial charge in [-0.1, -0.05) is 78.9 Å². The third kappa shape index (κ3) is 29.8. The largest absolute Gasteiger partial charge is 0.481 e. The third-order valence-electron chi connectivity index (χ3n) is 21.4. The van der Waals surface area contributed by atoms with Crippen molar-refractivity contribution in [2.75, 3.05) is 87.4 Å². The lowest BCUT2D eigenvalue weighted by Gasteiger charge is -2.16. The predicted molar refractivity (Wildman–Crippen MR) is 563 cm³/mol. The summed E-state index contributed by atoms with van der Waals surface area (Å²) in [6.45, 7) is 7.18. The Kier molecular flexibility index (Phi) is 34.8. The summed E-state index contributed by atoms with van der Waals surface area (Å²) in [6, 6.07) is 45.3. The molecule has 11 aromatic heterocycles. The Labute approximate surface area is 844 Å². The van der Waals surface area contributed by atoms with Crippen LogP contribution in [0.3, 0.4) is 0 Å². The molecule has 2 atom stereocenters. The molecule has 28 N–H and O–H groups in total. The van der Waals surface area contributed by atoms with Gasteiger partial charge in [-0.15, -0.1) is 0 Å². The molecule has 0 saturated carbocycles. The van der Waals surface area contributed by atoms with Crippen molar-refractivity contribution in [3.8, 4) is 0 Å². The van der Waals surface area contributed by atoms with Crippen molar-refractivity contribution in [1.82, 2.24) is 110 Å². The van der Waals surface area contributed by atoms with Crippen LogP contribution in [0, 0.1) is 13.8 Å². The molecule has 11 heterocycles. The maximum Gasteiger partial charge on any atom is 0.361 e. The molecule has 148 heavy (non-hydrogen) atoms. The van der Waals surface area contributed by atoms with Gasteiger partial charge in [-0.3, -0.25) is 18.9 Å². The first-order valence-electron chi connectivity index (χ1n) is 44.8. The molecule has 0 aliphatic rings. The second kappa shape index (κ2) is 47.6. The minimum Gasteiger partial charge on any atom is -0.481 e. The predicted octanol–water partition coefficient (Wildman–Crippen LogP) is 9.86. The number of nitrogens with two attached hydrogens (primary N) is 11. The van der Waals surface area contributed by atoms with Crippen LogP contribution in [0.2, 0.25) is 0 Å². The number of aromatic nitrogens is 22. The smallest absolute Gasteiger partial charge is 0.361 e. The summed E-state index contributed by atoms with van der Waals surface area (Å²) < 4.78 is 105. The topological polar surface area (TPSA) is 796 Å². The summed E-state index contributed by atoms with van der Waals surface area (Å²) in [7, 11) is -13.8. The molecule has 53 heteroatoms. The van der Waals surface area contributed by atoms with Crippen LogP contribution in [-0.2, 0) is 120 Å². The lowest BCUT2D eigenvalue weighted by atomic mass is 10.0. The molecule has 18 aromatic rings. The molecule has 0 saturated heterocycles. The zero-order valence-electron chi connectivity index (χ0n) is 80.1. The van der Waals surface area contributed by atoms with Crippen LogP contribution < -0.4 is 79.0 Å². The van der Waals surface area contributed by atoms with Gasteiger partial charge < -0.3 is 102 Å². The van der Waals surface area contributed by atoms with Crippen LogP contribution in [0.4, 0.5) is 84.4 Å². The monoisotopic (exact) mass is 2090 g/mol. The van der Waals surface area contributed by atoms with E-state index in [0.717, 1.165) is 78.6 Å². The Balaban J connectivity index is 0.000000148. The Morgan fingerprint density at radius 3 is 1.22 bits per heavy atom. The molecule has 0 amide bonds. The average molecular weight is 2090 g/mol. The van der Waals surface area contributed by atoms with Crippen LogP contribution in [0.5, 0.6) is 0 Å². The van der Waals surface area contributed by atoms with Crippen LogP contribution in [0.25, 0.3) is 66.9 Å². The zero-order valence-corrected chi connectivity index (χ0v) is 83.5. The first kappa shape index (κ1) is 108. The maximum absolute atomic E-state index is 13.2. The Hall–Kier alpha value is -17.1. The van der Waals surface area contributed by atoms with E-state index in [9.17, 15) is 39.9 Å². The molecule has 0 radical (unpaired) electrons. The lowest BCUT2D eigenvalue weighted by Crippen LogP contribution is -2.24. The number of rotatable bonds is 29. The lowest BCUT2D eigenvalue weighted by molar-refractivity contribution is -0.136. The van der Waals surface area contributed by atoms with Gasteiger partial charge in [0.2, 0.25) is 33.6 Å². The minimum absolute atomic E-state index is 0.00903. The second-order valence-electron chi connectivity index (χ2n) is 33.0. The minimum atomic E-state index is -4.69. The van der Waals surface area contributed by atoms with Gasteiger partial charge in [-0.25, -0.2) is 77.4 Å². The molecular weight excluding hydrogens is 1990 g/mol. The highest BCUT2D eigenvalue weighted by molar-refractivity contribution is 7.95. The number of nitrogen functional groups attached to an aromatic ring is 11. The molecule has 0 aliphatic heterocycles. The first-order chi connectivity index (χ1) is 70.3. The summed E-state index contributed by atoms with van der Waals surface area (Å²) in [5.74, 6) is 4.16. The van der Waals surface area contributed by atoms with Gasteiger partial charge in [0, 0.05) is 31.1 Å². The number of carboxylic acids is 1. The summed E-state index contributed by atoms with van der Waals surface area (Å²) >= 11 is 0. The fourth-order valence-corrected chi connectivity index (χ4v) is 17.8. The summed E-state index contributed by atoms with van der Waals surface area (Å²) in [6.07, 6.45) is 14.4. The van der Waals surface area contributed by atoms with E-state index in [1.807, 2.05) is 67.6 Å². The molecule has 0 bridgehead atoms. The molecule has 7 aromatic carbocycles. The van der Waals surface area contributed by atoms with Crippen molar-refractivity contribution < 1.29 is 63.8 Å².